The van der Waals surface area contributed by atoms with Gasteiger partial charge in [-0.3, -0.25) is 0 Å². The summed E-state index contributed by atoms with van der Waals surface area (Å²) >= 11 is 0. The van der Waals surface area contributed by atoms with E-state index in [1.165, 1.54) is 94.1 Å². The van der Waals surface area contributed by atoms with Gasteiger partial charge in [-0.2, -0.15) is 0 Å². The average Bonchev–Trinajstić information content (AvgIpc) is 3.91. The lowest BCUT2D eigenvalue weighted by Gasteiger charge is -2.34. The number of benzene rings is 9. The van der Waals surface area contributed by atoms with E-state index in [1.54, 1.807) is 0 Å². The maximum Gasteiger partial charge on any atom is 0.0720 e. The second kappa shape index (κ2) is 12.4. The molecule has 0 spiro atoms. The SMILES string of the molecule is c1ccc(C2c3ccccc3-c3cc(-c4ccc5c(c4)c4c6c(ccc4n5-c4ccccc4)-c4ccccc4C6(c4ccccc4)c4ccccc4)ccc32)cc1. The van der Waals surface area contributed by atoms with Gasteiger partial charge < -0.3 is 4.57 Å². The molecule has 0 fully saturated rings. The van der Waals surface area contributed by atoms with Crippen molar-refractivity contribution in [1.29, 1.82) is 0 Å². The molecule has 1 heteroatoms. The molecule has 1 nitrogen and oxygen atoms in total. The van der Waals surface area contributed by atoms with E-state index in [9.17, 15) is 0 Å². The van der Waals surface area contributed by atoms with Crippen molar-refractivity contribution < 1.29 is 0 Å². The third-order valence-electron chi connectivity index (χ3n) is 12.7. The van der Waals surface area contributed by atoms with Crippen molar-refractivity contribution in [1.82, 2.24) is 4.57 Å². The highest BCUT2D eigenvalue weighted by Gasteiger charge is 2.47. The van der Waals surface area contributed by atoms with Crippen LogP contribution in [0.15, 0.2) is 218 Å². The van der Waals surface area contributed by atoms with Gasteiger partial charge in [0.25, 0.3) is 0 Å². The van der Waals surface area contributed by atoms with Gasteiger partial charge in [0.1, 0.15) is 0 Å². The van der Waals surface area contributed by atoms with Crippen LogP contribution in [0.25, 0.3) is 60.9 Å². The third kappa shape index (κ3) is 4.51. The maximum atomic E-state index is 2.47. The van der Waals surface area contributed by atoms with Crippen molar-refractivity contribution in [3.8, 4) is 39.1 Å². The van der Waals surface area contributed by atoms with E-state index in [-0.39, 0.29) is 5.92 Å². The number of para-hydroxylation sites is 1. The Bertz CT molecular complexity index is 3120. The van der Waals surface area contributed by atoms with Crippen molar-refractivity contribution in [2.75, 3.05) is 0 Å². The van der Waals surface area contributed by atoms with Crippen LogP contribution in [-0.2, 0) is 5.41 Å². The molecule has 12 rings (SSSR count). The molecule has 0 N–H and O–H groups in total. The minimum absolute atomic E-state index is 0.228. The standard InChI is InChI=1S/C56H37N/c1-5-17-37(18-6-1)53-45-27-14-13-25-43(45)48-35-38(29-31-46(48)53)39-30-33-51-49(36-39)54-52(57(51)42-23-11-4-12-24-42)34-32-47-44-26-15-16-28-50(44)56(55(47)54,40-19-7-2-8-20-40)41-21-9-3-10-22-41/h1-36,53H. The van der Waals surface area contributed by atoms with Crippen LogP contribution < -0.4 is 0 Å². The summed E-state index contributed by atoms with van der Waals surface area (Å²) in [5, 5.41) is 2.56. The first-order valence-electron chi connectivity index (χ1n) is 20.0. The van der Waals surface area contributed by atoms with Crippen molar-refractivity contribution >= 4 is 21.8 Å². The molecular formula is C56H37N. The molecule has 0 saturated carbocycles. The fraction of sp³-hybridized carbons (Fsp3) is 0.0357. The normalized spacial score (nSPS) is 14.6. The molecule has 0 bridgehead atoms. The highest BCUT2D eigenvalue weighted by atomic mass is 15.0. The van der Waals surface area contributed by atoms with Crippen LogP contribution in [0.1, 0.15) is 44.9 Å². The molecule has 2 aliphatic rings. The summed E-state index contributed by atoms with van der Waals surface area (Å²) in [5.74, 6) is 0.228. The number of hydrogen-bond donors (Lipinski definition) is 0. The average molecular weight is 724 g/mol. The summed E-state index contributed by atoms with van der Waals surface area (Å²) < 4.78 is 2.47. The van der Waals surface area contributed by atoms with Gasteiger partial charge in [-0.15, -0.1) is 0 Å². The fourth-order valence-corrected chi connectivity index (χ4v) is 10.5. The zero-order valence-corrected chi connectivity index (χ0v) is 31.3. The van der Waals surface area contributed by atoms with E-state index >= 15 is 0 Å². The number of fused-ring (bicyclic) bond motifs is 10. The van der Waals surface area contributed by atoms with Gasteiger partial charge in [-0.05, 0) is 109 Å². The highest BCUT2D eigenvalue weighted by molar-refractivity contribution is 6.16. The lowest BCUT2D eigenvalue weighted by Crippen LogP contribution is -2.28. The number of hydrogen-bond acceptors (Lipinski definition) is 0. The van der Waals surface area contributed by atoms with E-state index in [4.69, 9.17) is 0 Å². The summed E-state index contributed by atoms with van der Waals surface area (Å²) in [4.78, 5) is 0. The van der Waals surface area contributed by atoms with Gasteiger partial charge in [0.15, 0.2) is 0 Å². The summed E-state index contributed by atoms with van der Waals surface area (Å²) in [6.07, 6.45) is 0. The van der Waals surface area contributed by atoms with Crippen LogP contribution in [-0.4, -0.2) is 4.57 Å². The Morgan fingerprint density at radius 1 is 0.386 bits per heavy atom. The first-order valence-corrected chi connectivity index (χ1v) is 20.0. The lowest BCUT2D eigenvalue weighted by atomic mass is 9.67. The van der Waals surface area contributed by atoms with E-state index in [0.29, 0.717) is 0 Å². The fourth-order valence-electron chi connectivity index (χ4n) is 10.5. The minimum Gasteiger partial charge on any atom is -0.309 e. The summed E-state index contributed by atoms with van der Waals surface area (Å²) in [5.41, 5.74) is 20.1. The van der Waals surface area contributed by atoms with E-state index < -0.39 is 5.41 Å². The minimum atomic E-state index is -0.524. The van der Waals surface area contributed by atoms with Crippen LogP contribution in [0.2, 0.25) is 0 Å². The second-order valence-electron chi connectivity index (χ2n) is 15.5. The Balaban J connectivity index is 1.17. The quantitative estimate of drug-likeness (QED) is 0.167. The maximum absolute atomic E-state index is 2.47. The topological polar surface area (TPSA) is 4.93 Å². The number of nitrogens with zero attached hydrogens (tertiary/aromatic N) is 1. The number of rotatable bonds is 5. The van der Waals surface area contributed by atoms with Crippen molar-refractivity contribution in [2.45, 2.75) is 11.3 Å². The monoisotopic (exact) mass is 723 g/mol. The van der Waals surface area contributed by atoms with Crippen LogP contribution in [0.4, 0.5) is 0 Å². The number of aromatic nitrogens is 1. The molecule has 0 aliphatic heterocycles. The molecule has 1 unspecified atom stereocenters. The molecule has 1 heterocycles. The first kappa shape index (κ1) is 32.1. The second-order valence-corrected chi connectivity index (χ2v) is 15.5. The smallest absolute Gasteiger partial charge is 0.0720 e. The molecule has 1 aromatic heterocycles. The van der Waals surface area contributed by atoms with Gasteiger partial charge in [0.05, 0.1) is 16.4 Å². The van der Waals surface area contributed by atoms with Crippen LogP contribution in [0.3, 0.4) is 0 Å². The highest BCUT2D eigenvalue weighted by Crippen LogP contribution is 2.59. The van der Waals surface area contributed by atoms with E-state index in [1.807, 2.05) is 0 Å². The lowest BCUT2D eigenvalue weighted by molar-refractivity contribution is 0.776. The van der Waals surface area contributed by atoms with Crippen molar-refractivity contribution in [3.63, 3.8) is 0 Å². The van der Waals surface area contributed by atoms with Crippen molar-refractivity contribution in [3.05, 3.63) is 257 Å². The molecule has 9 aromatic carbocycles. The summed E-state index contributed by atoms with van der Waals surface area (Å²) in [6, 6.07) is 81.3. The predicted octanol–water partition coefficient (Wildman–Crippen LogP) is 14.0. The Morgan fingerprint density at radius 2 is 0.947 bits per heavy atom. The van der Waals surface area contributed by atoms with Crippen LogP contribution >= 0.6 is 0 Å². The molecule has 2 aliphatic carbocycles. The van der Waals surface area contributed by atoms with Gasteiger partial charge in [-0.25, -0.2) is 0 Å². The molecule has 0 saturated heterocycles. The first-order chi connectivity index (χ1) is 28.3. The van der Waals surface area contributed by atoms with Crippen molar-refractivity contribution in [2.24, 2.45) is 0 Å². The van der Waals surface area contributed by atoms with Gasteiger partial charge in [0.2, 0.25) is 0 Å². The molecular weight excluding hydrogens is 687 g/mol. The third-order valence-corrected chi connectivity index (χ3v) is 12.7. The van der Waals surface area contributed by atoms with Gasteiger partial charge in [-0.1, -0.05) is 182 Å². The molecule has 57 heavy (non-hydrogen) atoms. The Morgan fingerprint density at radius 3 is 1.68 bits per heavy atom. The largest absolute Gasteiger partial charge is 0.309 e. The zero-order valence-electron chi connectivity index (χ0n) is 31.3. The molecule has 10 aromatic rings. The Kier molecular flexibility index (Phi) is 6.97. The van der Waals surface area contributed by atoms with E-state index in [0.717, 1.165) is 5.69 Å². The summed E-state index contributed by atoms with van der Waals surface area (Å²) in [7, 11) is 0. The van der Waals surface area contributed by atoms with E-state index in [2.05, 4.69) is 223 Å². The van der Waals surface area contributed by atoms with Crippen LogP contribution in [0, 0.1) is 0 Å². The Labute approximate surface area is 332 Å². The van der Waals surface area contributed by atoms with Gasteiger partial charge in [0, 0.05) is 22.4 Å². The summed E-state index contributed by atoms with van der Waals surface area (Å²) in [6.45, 7) is 0. The molecule has 266 valence electrons. The Hall–Kier alpha value is -7.22. The predicted molar refractivity (Wildman–Crippen MR) is 236 cm³/mol. The van der Waals surface area contributed by atoms with Crippen LogP contribution in [0.5, 0.6) is 0 Å². The molecule has 0 radical (unpaired) electrons. The molecule has 1 atom stereocenters. The van der Waals surface area contributed by atoms with Gasteiger partial charge >= 0.3 is 0 Å². The zero-order chi connectivity index (χ0) is 37.5. The molecule has 0 amide bonds.